The normalized spacial score (nSPS) is 10.4. The minimum absolute atomic E-state index is 0.0298. The van der Waals surface area contributed by atoms with Gasteiger partial charge < -0.3 is 19.8 Å². The number of hydrogen-bond acceptors (Lipinski definition) is 6. The van der Waals surface area contributed by atoms with Crippen LogP contribution in [-0.4, -0.2) is 30.1 Å². The van der Waals surface area contributed by atoms with Gasteiger partial charge in [0.2, 0.25) is 5.91 Å². The highest BCUT2D eigenvalue weighted by Gasteiger charge is 2.12. The van der Waals surface area contributed by atoms with Crippen molar-refractivity contribution >= 4 is 23.4 Å². The molecule has 150 valence electrons. The third kappa shape index (κ3) is 5.86. The molecule has 0 saturated heterocycles. The van der Waals surface area contributed by atoms with Gasteiger partial charge in [0.05, 0.1) is 32.0 Å². The molecule has 0 aliphatic rings. The molecule has 3 rings (SSSR count). The summed E-state index contributed by atoms with van der Waals surface area (Å²) in [6, 6.07) is 16.3. The largest absolute Gasteiger partial charge is 0.497 e. The van der Waals surface area contributed by atoms with Crippen LogP contribution in [0.5, 0.6) is 11.5 Å². The Morgan fingerprint density at radius 3 is 2.62 bits per heavy atom. The van der Waals surface area contributed by atoms with Crippen molar-refractivity contribution in [3.05, 3.63) is 76.2 Å². The molecule has 1 amide bonds. The van der Waals surface area contributed by atoms with Crippen LogP contribution in [0.3, 0.4) is 0 Å². The second-order valence-corrected chi connectivity index (χ2v) is 7.07. The van der Waals surface area contributed by atoms with Gasteiger partial charge in [-0.1, -0.05) is 42.1 Å². The Balaban J connectivity index is 1.67. The summed E-state index contributed by atoms with van der Waals surface area (Å²) in [5.74, 6) is 1.47. The predicted octanol–water partition coefficient (Wildman–Crippen LogP) is 3.26. The molecule has 0 radical (unpaired) electrons. The maximum atomic E-state index is 12.4. The molecule has 0 saturated carbocycles. The van der Waals surface area contributed by atoms with E-state index in [1.54, 1.807) is 25.3 Å². The fraction of sp³-hybridized carbons (Fsp3) is 0.190. The summed E-state index contributed by atoms with van der Waals surface area (Å²) >= 11 is 1.41. The second-order valence-electron chi connectivity index (χ2n) is 6.11. The topological polar surface area (TPSA) is 93.3 Å². The van der Waals surface area contributed by atoms with E-state index in [1.165, 1.54) is 24.9 Å². The summed E-state index contributed by atoms with van der Waals surface area (Å²) in [5, 5.41) is 3.26. The van der Waals surface area contributed by atoms with Crippen LogP contribution in [0.4, 0.5) is 5.69 Å². The number of carbonyl (C=O) groups excluding carboxylic acids is 1. The summed E-state index contributed by atoms with van der Waals surface area (Å²) in [6.07, 6.45) is -0.0298. The Bertz CT molecular complexity index is 1040. The molecule has 7 nitrogen and oxygen atoms in total. The summed E-state index contributed by atoms with van der Waals surface area (Å²) < 4.78 is 10.4. The van der Waals surface area contributed by atoms with Gasteiger partial charge in [-0.3, -0.25) is 9.59 Å². The lowest BCUT2D eigenvalue weighted by atomic mass is 10.2. The number of ether oxygens (including phenoxy) is 2. The molecule has 0 atom stereocenters. The lowest BCUT2D eigenvalue weighted by Gasteiger charge is -2.11. The highest BCUT2D eigenvalue weighted by molar-refractivity contribution is 7.98. The Morgan fingerprint density at radius 1 is 1.10 bits per heavy atom. The average molecular weight is 411 g/mol. The molecule has 1 heterocycles. The molecule has 29 heavy (non-hydrogen) atoms. The molecule has 0 unspecified atom stereocenters. The molecule has 0 bridgehead atoms. The first-order valence-electron chi connectivity index (χ1n) is 8.86. The number of aromatic nitrogens is 2. The van der Waals surface area contributed by atoms with Crippen molar-refractivity contribution in [2.75, 3.05) is 19.5 Å². The van der Waals surface area contributed by atoms with Crippen molar-refractivity contribution in [3.63, 3.8) is 0 Å². The Kier molecular flexibility index (Phi) is 6.91. The number of aromatic amines is 1. The van der Waals surface area contributed by atoms with Crippen LogP contribution in [-0.2, 0) is 17.0 Å². The molecule has 2 N–H and O–H groups in total. The molecular formula is C21H21N3O4S. The second kappa shape index (κ2) is 9.79. The number of amides is 1. The summed E-state index contributed by atoms with van der Waals surface area (Å²) in [5.41, 5.74) is 1.74. The monoisotopic (exact) mass is 411 g/mol. The number of anilines is 1. The summed E-state index contributed by atoms with van der Waals surface area (Å²) in [6.45, 7) is 0. The number of methoxy groups -OCH3 is 2. The van der Waals surface area contributed by atoms with E-state index in [9.17, 15) is 9.59 Å². The Hall–Kier alpha value is -3.26. The SMILES string of the molecule is COc1ccc(NC(=O)Cc2cc(=O)[nH]c(SCc3ccccc3)n2)c(OC)c1. The van der Waals surface area contributed by atoms with E-state index in [0.29, 0.717) is 33.8 Å². The van der Waals surface area contributed by atoms with E-state index in [-0.39, 0.29) is 17.9 Å². The van der Waals surface area contributed by atoms with Gasteiger partial charge in [-0.25, -0.2) is 4.98 Å². The van der Waals surface area contributed by atoms with Crippen molar-refractivity contribution in [3.8, 4) is 11.5 Å². The number of hydrogen-bond donors (Lipinski definition) is 2. The van der Waals surface area contributed by atoms with Crippen molar-refractivity contribution in [2.24, 2.45) is 0 Å². The number of nitrogens with zero attached hydrogens (tertiary/aromatic N) is 1. The Morgan fingerprint density at radius 2 is 1.90 bits per heavy atom. The number of nitrogens with one attached hydrogen (secondary N) is 2. The number of benzene rings is 2. The lowest BCUT2D eigenvalue weighted by molar-refractivity contribution is -0.115. The maximum Gasteiger partial charge on any atom is 0.251 e. The van der Waals surface area contributed by atoms with Gasteiger partial charge in [0, 0.05) is 17.9 Å². The maximum absolute atomic E-state index is 12.4. The van der Waals surface area contributed by atoms with Gasteiger partial charge in [-0.2, -0.15) is 0 Å². The highest BCUT2D eigenvalue weighted by Crippen LogP contribution is 2.29. The quantitative estimate of drug-likeness (QED) is 0.437. The van der Waals surface area contributed by atoms with Crippen molar-refractivity contribution in [1.82, 2.24) is 9.97 Å². The van der Waals surface area contributed by atoms with Crippen molar-refractivity contribution in [1.29, 1.82) is 0 Å². The van der Waals surface area contributed by atoms with Crippen LogP contribution in [0.1, 0.15) is 11.3 Å². The van der Waals surface area contributed by atoms with Crippen LogP contribution in [0.2, 0.25) is 0 Å². The number of H-pyrrole nitrogens is 1. The van der Waals surface area contributed by atoms with Crippen molar-refractivity contribution < 1.29 is 14.3 Å². The van der Waals surface area contributed by atoms with E-state index in [1.807, 2.05) is 30.3 Å². The molecular weight excluding hydrogens is 390 g/mol. The smallest absolute Gasteiger partial charge is 0.251 e. The van der Waals surface area contributed by atoms with E-state index >= 15 is 0 Å². The van der Waals surface area contributed by atoms with Gasteiger partial charge in [0.1, 0.15) is 11.5 Å². The first-order chi connectivity index (χ1) is 14.1. The average Bonchev–Trinajstić information content (AvgIpc) is 2.73. The van der Waals surface area contributed by atoms with Crippen molar-refractivity contribution in [2.45, 2.75) is 17.3 Å². The minimum atomic E-state index is -0.300. The number of rotatable bonds is 8. The number of thioether (sulfide) groups is 1. The molecule has 8 heteroatoms. The minimum Gasteiger partial charge on any atom is -0.497 e. The number of carbonyl (C=O) groups is 1. The van der Waals surface area contributed by atoms with Crippen LogP contribution >= 0.6 is 11.8 Å². The van der Waals surface area contributed by atoms with Crippen LogP contribution < -0.4 is 20.3 Å². The molecule has 1 aromatic heterocycles. The zero-order chi connectivity index (χ0) is 20.6. The molecule has 3 aromatic rings. The van der Waals surface area contributed by atoms with E-state index in [4.69, 9.17) is 9.47 Å². The fourth-order valence-corrected chi connectivity index (χ4v) is 3.48. The zero-order valence-electron chi connectivity index (χ0n) is 16.1. The van der Waals surface area contributed by atoms with E-state index < -0.39 is 0 Å². The third-order valence-electron chi connectivity index (χ3n) is 4.02. The molecule has 0 aliphatic heterocycles. The van der Waals surface area contributed by atoms with Gasteiger partial charge in [-0.05, 0) is 17.7 Å². The van der Waals surface area contributed by atoms with Crippen LogP contribution in [0.15, 0.2) is 64.5 Å². The van der Waals surface area contributed by atoms with Gasteiger partial charge in [0.25, 0.3) is 5.56 Å². The van der Waals surface area contributed by atoms with Crippen LogP contribution in [0.25, 0.3) is 0 Å². The first-order valence-corrected chi connectivity index (χ1v) is 9.85. The van der Waals surface area contributed by atoms with Gasteiger partial charge in [-0.15, -0.1) is 0 Å². The van der Waals surface area contributed by atoms with E-state index in [2.05, 4.69) is 15.3 Å². The van der Waals surface area contributed by atoms with Crippen LogP contribution in [0, 0.1) is 0 Å². The fourth-order valence-electron chi connectivity index (χ4n) is 2.63. The summed E-state index contributed by atoms with van der Waals surface area (Å²) in [7, 11) is 3.07. The first kappa shape index (κ1) is 20.5. The zero-order valence-corrected chi connectivity index (χ0v) is 16.9. The van der Waals surface area contributed by atoms with E-state index in [0.717, 1.165) is 5.56 Å². The molecule has 0 fully saturated rings. The standard InChI is InChI=1S/C21H21N3O4S/c1-27-16-8-9-17(18(12-16)28-2)23-19(25)10-15-11-20(26)24-21(22-15)29-13-14-6-4-3-5-7-14/h3-9,11-12H,10,13H2,1-2H3,(H,23,25)(H,22,24,26). The lowest BCUT2D eigenvalue weighted by Crippen LogP contribution is -2.18. The molecule has 2 aromatic carbocycles. The van der Waals surface area contributed by atoms with Gasteiger partial charge >= 0.3 is 0 Å². The third-order valence-corrected chi connectivity index (χ3v) is 4.96. The Labute approximate surface area is 172 Å². The molecule has 0 spiro atoms. The summed E-state index contributed by atoms with van der Waals surface area (Å²) in [4.78, 5) is 31.5. The molecule has 0 aliphatic carbocycles. The predicted molar refractivity (Wildman–Crippen MR) is 113 cm³/mol. The van der Waals surface area contributed by atoms with Gasteiger partial charge in [0.15, 0.2) is 5.16 Å². The highest BCUT2D eigenvalue weighted by atomic mass is 32.2.